The van der Waals surface area contributed by atoms with Crippen molar-refractivity contribution in [2.45, 2.75) is 45.7 Å². The average molecular weight is 389 g/mol. The van der Waals surface area contributed by atoms with Crippen molar-refractivity contribution < 1.29 is 4.79 Å². The van der Waals surface area contributed by atoms with Crippen molar-refractivity contribution in [2.75, 3.05) is 24.6 Å². The number of amides is 1. The topological polar surface area (TPSA) is 60.1 Å². The highest BCUT2D eigenvalue weighted by molar-refractivity contribution is 7.99. The van der Waals surface area contributed by atoms with E-state index < -0.39 is 0 Å². The molecule has 1 amide bonds. The van der Waals surface area contributed by atoms with Gasteiger partial charge in [-0.1, -0.05) is 43.7 Å². The van der Waals surface area contributed by atoms with Crippen molar-refractivity contribution in [3.63, 3.8) is 0 Å². The van der Waals surface area contributed by atoms with Crippen molar-refractivity contribution in [1.29, 1.82) is 0 Å². The molecule has 6 nitrogen and oxygen atoms in total. The summed E-state index contributed by atoms with van der Waals surface area (Å²) in [4.78, 5) is 27.3. The quantitative estimate of drug-likeness (QED) is 0.696. The molecule has 1 fully saturated rings. The summed E-state index contributed by atoms with van der Waals surface area (Å²) in [5, 5.41) is 4.51. The number of carbonyl (C=O) groups excluding carboxylic acids is 1. The third-order valence-corrected chi connectivity index (χ3v) is 5.81. The number of aryl methyl sites for hydroxylation is 2. The van der Waals surface area contributed by atoms with Gasteiger partial charge in [0.15, 0.2) is 0 Å². The summed E-state index contributed by atoms with van der Waals surface area (Å²) in [6.45, 7) is 4.28. The van der Waals surface area contributed by atoms with Crippen LogP contribution in [0.15, 0.2) is 35.1 Å². The average Bonchev–Trinajstić information content (AvgIpc) is 3.00. The first-order chi connectivity index (χ1) is 13.2. The predicted octanol–water partition coefficient (Wildman–Crippen LogP) is 2.21. The van der Waals surface area contributed by atoms with Crippen LogP contribution in [0.3, 0.4) is 0 Å². The number of benzene rings is 1. The molecule has 2 heterocycles. The first-order valence-electron chi connectivity index (χ1n) is 9.75. The maximum atomic E-state index is 12.9. The molecule has 0 aliphatic carbocycles. The van der Waals surface area contributed by atoms with Gasteiger partial charge in [-0.3, -0.25) is 9.36 Å². The lowest BCUT2D eigenvalue weighted by molar-refractivity contribution is -0.131. The van der Waals surface area contributed by atoms with Crippen molar-refractivity contribution in [3.8, 4) is 0 Å². The lowest BCUT2D eigenvalue weighted by atomic mass is 10.1. The van der Waals surface area contributed by atoms with Gasteiger partial charge in [0.25, 0.3) is 0 Å². The zero-order valence-corrected chi connectivity index (χ0v) is 16.8. The Morgan fingerprint density at radius 3 is 2.59 bits per heavy atom. The number of nitrogens with zero attached hydrogens (tertiary/aromatic N) is 4. The smallest absolute Gasteiger partial charge is 0.339 e. The van der Waals surface area contributed by atoms with E-state index >= 15 is 0 Å². The summed E-state index contributed by atoms with van der Waals surface area (Å²) in [7, 11) is 0. The highest BCUT2D eigenvalue weighted by Gasteiger charge is 2.20. The van der Waals surface area contributed by atoms with E-state index in [1.807, 2.05) is 34.9 Å². The van der Waals surface area contributed by atoms with E-state index in [0.29, 0.717) is 6.54 Å². The lowest BCUT2D eigenvalue weighted by Crippen LogP contribution is -2.41. The van der Waals surface area contributed by atoms with E-state index in [9.17, 15) is 9.59 Å². The van der Waals surface area contributed by atoms with Crippen LogP contribution in [0.25, 0.3) is 0 Å². The van der Waals surface area contributed by atoms with Crippen LogP contribution in [-0.4, -0.2) is 49.7 Å². The van der Waals surface area contributed by atoms with Gasteiger partial charge in [0.2, 0.25) is 5.91 Å². The standard InChI is InChI=1S/C20H28N4O2S/c1-2-3-9-18-21-24(16-19(25)22-12-14-27-15-13-22)20(26)23(18)11-10-17-7-5-4-6-8-17/h4-8H,2-3,9-16H2,1H3. The summed E-state index contributed by atoms with van der Waals surface area (Å²) in [5.74, 6) is 2.72. The summed E-state index contributed by atoms with van der Waals surface area (Å²) in [5.41, 5.74) is 1.03. The fourth-order valence-corrected chi connectivity index (χ4v) is 4.16. The van der Waals surface area contributed by atoms with Gasteiger partial charge < -0.3 is 4.90 Å². The molecule has 146 valence electrons. The van der Waals surface area contributed by atoms with Crippen LogP contribution in [0.2, 0.25) is 0 Å². The number of unbranched alkanes of at least 4 members (excludes halogenated alkanes) is 1. The molecule has 1 saturated heterocycles. The summed E-state index contributed by atoms with van der Waals surface area (Å²) >= 11 is 1.86. The lowest BCUT2D eigenvalue weighted by Gasteiger charge is -2.26. The number of aromatic nitrogens is 3. The second kappa shape index (κ2) is 9.78. The van der Waals surface area contributed by atoms with Gasteiger partial charge in [0.1, 0.15) is 12.4 Å². The second-order valence-electron chi connectivity index (χ2n) is 6.84. The number of rotatable bonds is 8. The van der Waals surface area contributed by atoms with Crippen LogP contribution in [0, 0.1) is 0 Å². The molecule has 0 atom stereocenters. The highest BCUT2D eigenvalue weighted by atomic mass is 32.2. The van der Waals surface area contributed by atoms with E-state index in [-0.39, 0.29) is 18.1 Å². The molecule has 0 spiro atoms. The Balaban J connectivity index is 1.74. The van der Waals surface area contributed by atoms with Crippen LogP contribution in [0.1, 0.15) is 31.2 Å². The molecule has 0 saturated carbocycles. The zero-order valence-electron chi connectivity index (χ0n) is 16.0. The summed E-state index contributed by atoms with van der Waals surface area (Å²) in [6, 6.07) is 10.1. The molecular formula is C20H28N4O2S. The van der Waals surface area contributed by atoms with Crippen LogP contribution in [-0.2, 0) is 30.7 Å². The molecule has 7 heteroatoms. The summed E-state index contributed by atoms with van der Waals surface area (Å²) in [6.07, 6.45) is 3.58. The van der Waals surface area contributed by atoms with Crippen LogP contribution in [0.5, 0.6) is 0 Å². The fourth-order valence-electron chi connectivity index (χ4n) is 3.26. The van der Waals surface area contributed by atoms with Crippen molar-refractivity contribution >= 4 is 17.7 Å². The van der Waals surface area contributed by atoms with Gasteiger partial charge in [-0.25, -0.2) is 9.48 Å². The third kappa shape index (κ3) is 5.25. The van der Waals surface area contributed by atoms with Gasteiger partial charge >= 0.3 is 5.69 Å². The normalized spacial score (nSPS) is 14.5. The number of hydrogen-bond acceptors (Lipinski definition) is 4. The molecule has 0 unspecified atom stereocenters. The molecular weight excluding hydrogens is 360 g/mol. The van der Waals surface area contributed by atoms with Gasteiger partial charge in [0.05, 0.1) is 0 Å². The number of hydrogen-bond donors (Lipinski definition) is 0. The fraction of sp³-hybridized carbons (Fsp3) is 0.550. The first-order valence-corrected chi connectivity index (χ1v) is 10.9. The van der Waals surface area contributed by atoms with E-state index in [1.54, 1.807) is 4.57 Å². The largest absolute Gasteiger partial charge is 0.346 e. The maximum Gasteiger partial charge on any atom is 0.346 e. The summed E-state index contributed by atoms with van der Waals surface area (Å²) < 4.78 is 3.11. The number of carbonyl (C=O) groups is 1. The Kier molecular flexibility index (Phi) is 7.15. The molecule has 0 N–H and O–H groups in total. The molecule has 1 aliphatic rings. The number of thioether (sulfide) groups is 1. The SMILES string of the molecule is CCCCc1nn(CC(=O)N2CCSCC2)c(=O)n1CCc1ccccc1. The predicted molar refractivity (Wildman–Crippen MR) is 109 cm³/mol. The molecule has 2 aromatic rings. The van der Waals surface area contributed by atoms with E-state index in [1.165, 1.54) is 10.2 Å². The Morgan fingerprint density at radius 2 is 1.89 bits per heavy atom. The van der Waals surface area contributed by atoms with Gasteiger partial charge in [0, 0.05) is 37.6 Å². The third-order valence-electron chi connectivity index (χ3n) is 4.87. The molecule has 1 aromatic heterocycles. The van der Waals surface area contributed by atoms with E-state index in [2.05, 4.69) is 24.2 Å². The Bertz CT molecular complexity index is 794. The van der Waals surface area contributed by atoms with Crippen LogP contribution >= 0.6 is 11.8 Å². The van der Waals surface area contributed by atoms with Gasteiger partial charge in [-0.15, -0.1) is 0 Å². The van der Waals surface area contributed by atoms with Crippen LogP contribution < -0.4 is 5.69 Å². The highest BCUT2D eigenvalue weighted by Crippen LogP contribution is 2.10. The molecule has 27 heavy (non-hydrogen) atoms. The zero-order chi connectivity index (χ0) is 19.1. The van der Waals surface area contributed by atoms with Crippen molar-refractivity contribution in [2.24, 2.45) is 0 Å². The second-order valence-corrected chi connectivity index (χ2v) is 8.07. The molecule has 3 rings (SSSR count). The van der Waals surface area contributed by atoms with Crippen molar-refractivity contribution in [1.82, 2.24) is 19.2 Å². The van der Waals surface area contributed by atoms with E-state index in [4.69, 9.17) is 0 Å². The minimum Gasteiger partial charge on any atom is -0.339 e. The maximum absolute atomic E-state index is 12.9. The monoisotopic (exact) mass is 388 g/mol. The van der Waals surface area contributed by atoms with Crippen molar-refractivity contribution in [3.05, 3.63) is 52.2 Å². The molecule has 0 bridgehead atoms. The Morgan fingerprint density at radius 1 is 1.15 bits per heavy atom. The van der Waals surface area contributed by atoms with Gasteiger partial charge in [-0.2, -0.15) is 16.9 Å². The Labute approximate surface area is 164 Å². The van der Waals surface area contributed by atoms with E-state index in [0.717, 1.165) is 56.1 Å². The van der Waals surface area contributed by atoms with Gasteiger partial charge in [-0.05, 0) is 18.4 Å². The minimum absolute atomic E-state index is 0.00727. The first kappa shape index (κ1) is 19.7. The Hall–Kier alpha value is -2.02. The molecule has 0 radical (unpaired) electrons. The van der Waals surface area contributed by atoms with Crippen LogP contribution in [0.4, 0.5) is 0 Å². The molecule has 1 aliphatic heterocycles. The molecule has 1 aromatic carbocycles. The minimum atomic E-state index is -0.170.